The Morgan fingerprint density at radius 3 is 2.50 bits per heavy atom. The lowest BCUT2D eigenvalue weighted by molar-refractivity contribution is -0.136. The van der Waals surface area contributed by atoms with Gasteiger partial charge in [-0.25, -0.2) is 10.9 Å². The number of hydrogen-bond acceptors (Lipinski definition) is 8. The second-order valence-electron chi connectivity index (χ2n) is 8.41. The van der Waals surface area contributed by atoms with Crippen molar-refractivity contribution < 1.29 is 23.8 Å². The highest BCUT2D eigenvalue weighted by Crippen LogP contribution is 2.40. The summed E-state index contributed by atoms with van der Waals surface area (Å²) in [6.45, 7) is 1.01. The molecule has 2 fully saturated rings. The average Bonchev–Trinajstić information content (AvgIpc) is 3.38. The van der Waals surface area contributed by atoms with Crippen molar-refractivity contribution in [3.63, 3.8) is 0 Å². The van der Waals surface area contributed by atoms with E-state index in [1.54, 1.807) is 23.2 Å². The van der Waals surface area contributed by atoms with E-state index in [-0.39, 0.29) is 29.8 Å². The predicted molar refractivity (Wildman–Crippen MR) is 126 cm³/mol. The average molecular weight is 470 g/mol. The van der Waals surface area contributed by atoms with Gasteiger partial charge < -0.3 is 24.4 Å². The van der Waals surface area contributed by atoms with Crippen LogP contribution in [0.25, 0.3) is 0 Å². The van der Waals surface area contributed by atoms with Gasteiger partial charge >= 0.3 is 0 Å². The third-order valence-corrected chi connectivity index (χ3v) is 6.28. The van der Waals surface area contributed by atoms with Crippen molar-refractivity contribution in [1.29, 1.82) is 0 Å². The molecule has 1 aromatic carbocycles. The molecule has 3 unspecified atom stereocenters. The van der Waals surface area contributed by atoms with Crippen molar-refractivity contribution in [1.82, 2.24) is 20.7 Å². The first-order valence-corrected chi connectivity index (χ1v) is 11.4. The van der Waals surface area contributed by atoms with Gasteiger partial charge in [-0.1, -0.05) is 6.07 Å². The van der Waals surface area contributed by atoms with Gasteiger partial charge in [-0.2, -0.15) is 0 Å². The molecule has 182 valence electrons. The summed E-state index contributed by atoms with van der Waals surface area (Å²) < 4.78 is 16.1. The van der Waals surface area contributed by atoms with Crippen molar-refractivity contribution in [3.05, 3.63) is 42.2 Å². The molecule has 0 bridgehead atoms. The maximum atomic E-state index is 13.2. The SMILES string of the molecule is COc1cc(NC(=O)C2CCCN(C(=O)C3CC(c4ccccn4)NN3)C2)cc(OC)c1OC. The van der Waals surface area contributed by atoms with Crippen LogP contribution in [-0.4, -0.2) is 62.2 Å². The minimum absolute atomic E-state index is 0.00350. The number of methoxy groups -OCH3 is 3. The van der Waals surface area contributed by atoms with Crippen molar-refractivity contribution in [2.45, 2.75) is 31.3 Å². The predicted octanol–water partition coefficient (Wildman–Crippen LogP) is 1.89. The number of piperidine rings is 1. The molecule has 3 atom stereocenters. The molecule has 3 N–H and O–H groups in total. The van der Waals surface area contributed by atoms with E-state index in [1.807, 2.05) is 18.2 Å². The lowest BCUT2D eigenvalue weighted by atomic mass is 9.95. The van der Waals surface area contributed by atoms with Crippen LogP contribution in [0.5, 0.6) is 17.2 Å². The van der Waals surface area contributed by atoms with E-state index in [0.717, 1.165) is 12.1 Å². The molecule has 10 heteroatoms. The van der Waals surface area contributed by atoms with Crippen LogP contribution in [0, 0.1) is 5.92 Å². The zero-order valence-electron chi connectivity index (χ0n) is 19.7. The van der Waals surface area contributed by atoms with Crippen LogP contribution in [0.15, 0.2) is 36.5 Å². The van der Waals surface area contributed by atoms with Gasteiger partial charge in [0, 0.05) is 37.1 Å². The molecule has 1 aromatic heterocycles. The van der Waals surface area contributed by atoms with E-state index < -0.39 is 0 Å². The topological polar surface area (TPSA) is 114 Å². The van der Waals surface area contributed by atoms with Gasteiger partial charge in [-0.15, -0.1) is 0 Å². The number of aromatic nitrogens is 1. The number of nitrogens with zero attached hydrogens (tertiary/aromatic N) is 2. The molecule has 0 radical (unpaired) electrons. The van der Waals surface area contributed by atoms with Crippen LogP contribution in [0.2, 0.25) is 0 Å². The number of pyridine rings is 1. The van der Waals surface area contributed by atoms with Gasteiger partial charge in [0.2, 0.25) is 17.6 Å². The Labute approximate surface area is 198 Å². The molecular formula is C24H31N5O5. The molecule has 0 saturated carbocycles. The van der Waals surface area contributed by atoms with Crippen molar-refractivity contribution in [2.24, 2.45) is 5.92 Å². The number of hydrogen-bond donors (Lipinski definition) is 3. The molecule has 10 nitrogen and oxygen atoms in total. The third-order valence-electron chi connectivity index (χ3n) is 6.28. The van der Waals surface area contributed by atoms with E-state index in [0.29, 0.717) is 48.9 Å². The first kappa shape index (κ1) is 23.8. The Balaban J connectivity index is 1.38. The van der Waals surface area contributed by atoms with Gasteiger partial charge in [-0.05, 0) is 31.4 Å². The summed E-state index contributed by atoms with van der Waals surface area (Å²) in [5, 5.41) is 2.94. The van der Waals surface area contributed by atoms with Gasteiger partial charge in [0.15, 0.2) is 11.5 Å². The second kappa shape index (κ2) is 10.7. The van der Waals surface area contributed by atoms with Crippen molar-refractivity contribution in [2.75, 3.05) is 39.7 Å². The molecule has 3 heterocycles. The lowest BCUT2D eigenvalue weighted by Gasteiger charge is -2.33. The van der Waals surface area contributed by atoms with Crippen LogP contribution in [0.4, 0.5) is 5.69 Å². The molecule has 2 aliphatic heterocycles. The molecular weight excluding hydrogens is 438 g/mol. The van der Waals surface area contributed by atoms with E-state index >= 15 is 0 Å². The van der Waals surface area contributed by atoms with Crippen LogP contribution in [0.1, 0.15) is 31.0 Å². The maximum Gasteiger partial charge on any atom is 0.241 e. The fourth-order valence-corrected chi connectivity index (χ4v) is 4.50. The summed E-state index contributed by atoms with van der Waals surface area (Å²) in [6.07, 6.45) is 3.83. The zero-order valence-corrected chi connectivity index (χ0v) is 19.7. The highest BCUT2D eigenvalue weighted by atomic mass is 16.5. The Morgan fingerprint density at radius 2 is 1.85 bits per heavy atom. The number of benzene rings is 1. The highest BCUT2D eigenvalue weighted by molar-refractivity contribution is 5.94. The second-order valence-corrected chi connectivity index (χ2v) is 8.41. The van der Waals surface area contributed by atoms with E-state index in [2.05, 4.69) is 21.2 Å². The van der Waals surface area contributed by atoms with Gasteiger partial charge in [-0.3, -0.25) is 14.6 Å². The number of carbonyl (C=O) groups excluding carboxylic acids is 2. The third kappa shape index (κ3) is 5.07. The summed E-state index contributed by atoms with van der Waals surface area (Å²) in [5.74, 6) is 0.920. The summed E-state index contributed by atoms with van der Waals surface area (Å²) in [6, 6.07) is 8.74. The quantitative estimate of drug-likeness (QED) is 0.563. The molecule has 2 amide bonds. The first-order chi connectivity index (χ1) is 16.5. The molecule has 0 aliphatic carbocycles. The molecule has 34 heavy (non-hydrogen) atoms. The Hall–Kier alpha value is -3.37. The number of nitrogens with one attached hydrogen (secondary N) is 3. The maximum absolute atomic E-state index is 13.2. The molecule has 2 aliphatic rings. The minimum atomic E-state index is -0.357. The monoisotopic (exact) mass is 469 g/mol. The Bertz CT molecular complexity index is 993. The summed E-state index contributed by atoms with van der Waals surface area (Å²) >= 11 is 0. The van der Waals surface area contributed by atoms with Crippen molar-refractivity contribution >= 4 is 17.5 Å². The Kier molecular flexibility index (Phi) is 7.49. The number of anilines is 1. The van der Waals surface area contributed by atoms with Gasteiger partial charge in [0.1, 0.15) is 6.04 Å². The van der Waals surface area contributed by atoms with E-state index in [9.17, 15) is 9.59 Å². The molecule has 2 aromatic rings. The zero-order chi connectivity index (χ0) is 24.1. The van der Waals surface area contributed by atoms with Crippen LogP contribution in [-0.2, 0) is 9.59 Å². The number of carbonyl (C=O) groups is 2. The smallest absolute Gasteiger partial charge is 0.241 e. The summed E-state index contributed by atoms with van der Waals surface area (Å²) in [5.41, 5.74) is 7.71. The number of amides is 2. The number of ether oxygens (including phenoxy) is 3. The van der Waals surface area contributed by atoms with Crippen LogP contribution >= 0.6 is 0 Å². The molecule has 2 saturated heterocycles. The fraction of sp³-hybridized carbons (Fsp3) is 0.458. The fourth-order valence-electron chi connectivity index (χ4n) is 4.50. The van der Waals surface area contributed by atoms with E-state index in [1.165, 1.54) is 21.3 Å². The Morgan fingerprint density at radius 1 is 1.09 bits per heavy atom. The standard InChI is InChI=1S/C24H31N5O5/c1-32-20-11-16(12-21(33-2)22(20)34-3)26-23(30)15-7-6-10-29(14-15)24(31)19-13-18(27-28-19)17-8-4-5-9-25-17/h4-5,8-9,11-12,15,18-19,27-28H,6-7,10,13-14H2,1-3H3,(H,26,30). The van der Waals surface area contributed by atoms with Crippen LogP contribution in [0.3, 0.4) is 0 Å². The van der Waals surface area contributed by atoms with Crippen LogP contribution < -0.4 is 30.4 Å². The summed E-state index contributed by atoms with van der Waals surface area (Å²) in [4.78, 5) is 32.4. The van der Waals surface area contributed by atoms with Gasteiger partial charge in [0.25, 0.3) is 0 Å². The number of hydrazine groups is 1. The largest absolute Gasteiger partial charge is 0.493 e. The van der Waals surface area contributed by atoms with E-state index in [4.69, 9.17) is 14.2 Å². The normalized spacial score (nSPS) is 22.2. The summed E-state index contributed by atoms with van der Waals surface area (Å²) in [7, 11) is 4.58. The molecule has 0 spiro atoms. The lowest BCUT2D eigenvalue weighted by Crippen LogP contribution is -2.50. The number of likely N-dealkylation sites (tertiary alicyclic amines) is 1. The molecule has 4 rings (SSSR count). The van der Waals surface area contributed by atoms with Gasteiger partial charge in [0.05, 0.1) is 39.0 Å². The first-order valence-electron chi connectivity index (χ1n) is 11.4. The highest BCUT2D eigenvalue weighted by Gasteiger charge is 2.36. The minimum Gasteiger partial charge on any atom is -0.493 e. The van der Waals surface area contributed by atoms with Crippen molar-refractivity contribution in [3.8, 4) is 17.2 Å². The number of rotatable bonds is 7.